The van der Waals surface area contributed by atoms with Crippen molar-refractivity contribution < 1.29 is 9.59 Å². The first-order valence-electron chi connectivity index (χ1n) is 3.92. The SMILES string of the molecule is N#Cc1cc(C=O)cc(I)c1C(=O)CBr. The normalized spacial score (nSPS) is 9.40. The molecule has 3 nitrogen and oxygen atoms in total. The van der Waals surface area contributed by atoms with Crippen LogP contribution in [0.1, 0.15) is 26.3 Å². The van der Waals surface area contributed by atoms with Gasteiger partial charge in [-0.2, -0.15) is 5.26 Å². The Hall–Kier alpha value is -0.740. The van der Waals surface area contributed by atoms with Gasteiger partial charge in [0.1, 0.15) is 6.29 Å². The van der Waals surface area contributed by atoms with E-state index < -0.39 is 0 Å². The Kier molecular flexibility index (Phi) is 4.42. The number of Topliss-reactive ketones (excluding diaryl/α,β-unsaturated/α-hetero) is 1. The van der Waals surface area contributed by atoms with Gasteiger partial charge in [0.15, 0.2) is 5.78 Å². The fraction of sp³-hybridized carbons (Fsp3) is 0.100. The van der Waals surface area contributed by atoms with Crippen LogP contribution in [-0.4, -0.2) is 17.4 Å². The number of hydrogen-bond donors (Lipinski definition) is 0. The van der Waals surface area contributed by atoms with Crippen LogP contribution in [0.2, 0.25) is 0 Å². The number of benzene rings is 1. The van der Waals surface area contributed by atoms with E-state index in [2.05, 4.69) is 15.9 Å². The quantitative estimate of drug-likeness (QED) is 0.352. The van der Waals surface area contributed by atoms with Gasteiger partial charge in [-0.15, -0.1) is 0 Å². The van der Waals surface area contributed by atoms with Crippen LogP contribution < -0.4 is 0 Å². The first kappa shape index (κ1) is 12.3. The van der Waals surface area contributed by atoms with Crippen LogP contribution in [0.25, 0.3) is 0 Å². The molecule has 0 saturated heterocycles. The van der Waals surface area contributed by atoms with Crippen LogP contribution in [0.3, 0.4) is 0 Å². The number of carbonyl (C=O) groups is 2. The van der Waals surface area contributed by atoms with E-state index in [1.165, 1.54) is 6.07 Å². The summed E-state index contributed by atoms with van der Waals surface area (Å²) in [6, 6.07) is 4.93. The molecule has 0 heterocycles. The molecular weight excluding hydrogens is 373 g/mol. The van der Waals surface area contributed by atoms with Crippen molar-refractivity contribution in [3.63, 3.8) is 0 Å². The summed E-state index contributed by atoms with van der Waals surface area (Å²) in [5.41, 5.74) is 1.02. The lowest BCUT2D eigenvalue weighted by Gasteiger charge is -2.04. The molecule has 0 aliphatic rings. The van der Waals surface area contributed by atoms with Gasteiger partial charge in [0.05, 0.1) is 17.0 Å². The van der Waals surface area contributed by atoms with Gasteiger partial charge in [0.25, 0.3) is 0 Å². The highest BCUT2D eigenvalue weighted by atomic mass is 127. The second-order valence-electron chi connectivity index (χ2n) is 2.71. The van der Waals surface area contributed by atoms with Crippen molar-refractivity contribution in [2.45, 2.75) is 0 Å². The van der Waals surface area contributed by atoms with Gasteiger partial charge in [0, 0.05) is 14.7 Å². The number of aldehydes is 1. The van der Waals surface area contributed by atoms with Gasteiger partial charge in [-0.1, -0.05) is 15.9 Å². The Morgan fingerprint density at radius 3 is 2.73 bits per heavy atom. The lowest BCUT2D eigenvalue weighted by molar-refractivity contribution is 0.102. The average Bonchev–Trinajstić information content (AvgIpc) is 2.26. The third-order valence-electron chi connectivity index (χ3n) is 1.77. The van der Waals surface area contributed by atoms with Crippen LogP contribution in [0.15, 0.2) is 12.1 Å². The maximum absolute atomic E-state index is 11.5. The van der Waals surface area contributed by atoms with Crippen molar-refractivity contribution in [3.05, 3.63) is 32.4 Å². The zero-order valence-electron chi connectivity index (χ0n) is 7.46. The summed E-state index contributed by atoms with van der Waals surface area (Å²) in [5, 5.41) is 9.04. The predicted octanol–water partition coefficient (Wildman–Crippen LogP) is 2.55. The Bertz CT molecular complexity index is 465. The van der Waals surface area contributed by atoms with Gasteiger partial charge in [-0.25, -0.2) is 0 Å². The molecule has 0 bridgehead atoms. The number of alkyl halides is 1. The molecule has 0 spiro atoms. The monoisotopic (exact) mass is 377 g/mol. The Morgan fingerprint density at radius 2 is 2.27 bits per heavy atom. The van der Waals surface area contributed by atoms with E-state index in [4.69, 9.17) is 5.26 Å². The molecule has 76 valence electrons. The van der Waals surface area contributed by atoms with Gasteiger partial charge < -0.3 is 0 Å². The number of nitriles is 1. The molecule has 0 N–H and O–H groups in total. The molecule has 0 unspecified atom stereocenters. The second-order valence-corrected chi connectivity index (χ2v) is 4.43. The van der Waals surface area contributed by atoms with E-state index in [1.807, 2.05) is 28.7 Å². The number of rotatable bonds is 3. The molecule has 0 saturated carbocycles. The summed E-state index contributed by atoms with van der Waals surface area (Å²) in [4.78, 5) is 22.1. The molecule has 5 heteroatoms. The van der Waals surface area contributed by atoms with Gasteiger partial charge in [-0.05, 0) is 34.7 Å². The minimum atomic E-state index is -0.159. The Morgan fingerprint density at radius 1 is 1.60 bits per heavy atom. The van der Waals surface area contributed by atoms with Gasteiger partial charge in [-0.3, -0.25) is 9.59 Å². The van der Waals surface area contributed by atoms with Crippen molar-refractivity contribution in [2.24, 2.45) is 0 Å². The highest BCUT2D eigenvalue weighted by molar-refractivity contribution is 14.1. The minimum absolute atomic E-state index is 0.159. The second kappa shape index (κ2) is 5.37. The largest absolute Gasteiger partial charge is 0.298 e. The molecular formula is C10H5BrINO2. The highest BCUT2D eigenvalue weighted by Gasteiger charge is 2.15. The molecule has 0 amide bonds. The van der Waals surface area contributed by atoms with E-state index in [-0.39, 0.29) is 16.7 Å². The van der Waals surface area contributed by atoms with E-state index in [1.54, 1.807) is 6.07 Å². The van der Waals surface area contributed by atoms with Gasteiger partial charge in [0.2, 0.25) is 0 Å². The van der Waals surface area contributed by atoms with Crippen LogP contribution in [0.5, 0.6) is 0 Å². The van der Waals surface area contributed by atoms with Crippen LogP contribution in [0.4, 0.5) is 0 Å². The molecule has 0 aromatic heterocycles. The Balaban J connectivity index is 3.45. The molecule has 0 aliphatic heterocycles. The topological polar surface area (TPSA) is 57.9 Å². The zero-order chi connectivity index (χ0) is 11.4. The highest BCUT2D eigenvalue weighted by Crippen LogP contribution is 2.20. The van der Waals surface area contributed by atoms with Gasteiger partial charge >= 0.3 is 0 Å². The zero-order valence-corrected chi connectivity index (χ0v) is 11.2. The van der Waals surface area contributed by atoms with Crippen molar-refractivity contribution in [2.75, 3.05) is 5.33 Å². The van der Waals surface area contributed by atoms with E-state index in [0.717, 1.165) is 0 Å². The van der Waals surface area contributed by atoms with Crippen molar-refractivity contribution in [1.82, 2.24) is 0 Å². The maximum atomic E-state index is 11.5. The van der Waals surface area contributed by atoms with Crippen molar-refractivity contribution in [3.8, 4) is 6.07 Å². The minimum Gasteiger partial charge on any atom is -0.298 e. The number of nitrogens with zero attached hydrogens (tertiary/aromatic N) is 1. The lowest BCUT2D eigenvalue weighted by atomic mass is 10.0. The summed E-state index contributed by atoms with van der Waals surface area (Å²) < 4.78 is 0.623. The van der Waals surface area contributed by atoms with Crippen LogP contribution in [-0.2, 0) is 0 Å². The predicted molar refractivity (Wildman–Crippen MR) is 67.4 cm³/mol. The first-order chi connectivity index (χ1) is 7.13. The number of hydrogen-bond acceptors (Lipinski definition) is 3. The number of carbonyl (C=O) groups excluding carboxylic acids is 2. The Labute approximate surface area is 109 Å². The standard InChI is InChI=1S/C10H5BrINO2/c11-3-9(15)10-7(4-13)1-6(5-14)2-8(10)12/h1-2,5H,3H2. The van der Waals surface area contributed by atoms with E-state index in [9.17, 15) is 9.59 Å². The maximum Gasteiger partial charge on any atom is 0.175 e. The summed E-state index contributed by atoms with van der Waals surface area (Å²) in [7, 11) is 0. The molecule has 15 heavy (non-hydrogen) atoms. The molecule has 0 atom stereocenters. The third kappa shape index (κ3) is 2.63. The molecule has 0 radical (unpaired) electrons. The smallest absolute Gasteiger partial charge is 0.175 e. The van der Waals surface area contributed by atoms with Crippen LogP contribution >= 0.6 is 38.5 Å². The van der Waals surface area contributed by atoms with Crippen LogP contribution in [0, 0.1) is 14.9 Å². The third-order valence-corrected chi connectivity index (χ3v) is 3.13. The first-order valence-corrected chi connectivity index (χ1v) is 6.12. The summed E-state index contributed by atoms with van der Waals surface area (Å²) in [6.07, 6.45) is 0.658. The fourth-order valence-corrected chi connectivity index (χ4v) is 2.37. The fourth-order valence-electron chi connectivity index (χ4n) is 1.13. The molecule has 1 aromatic carbocycles. The van der Waals surface area contributed by atoms with Crippen molar-refractivity contribution >= 4 is 50.6 Å². The number of halogens is 2. The lowest BCUT2D eigenvalue weighted by Crippen LogP contribution is -2.07. The molecule has 1 rings (SSSR count). The van der Waals surface area contributed by atoms with E-state index >= 15 is 0 Å². The summed E-state index contributed by atoms with van der Waals surface area (Å²) >= 11 is 5.00. The molecule has 1 aromatic rings. The average molecular weight is 378 g/mol. The molecule has 0 fully saturated rings. The van der Waals surface area contributed by atoms with Crippen molar-refractivity contribution in [1.29, 1.82) is 5.26 Å². The van der Waals surface area contributed by atoms with E-state index in [0.29, 0.717) is 21.0 Å². The molecule has 0 aliphatic carbocycles. The summed E-state index contributed by atoms with van der Waals surface area (Å²) in [6.45, 7) is 0. The number of ketones is 1. The summed E-state index contributed by atoms with van der Waals surface area (Å²) in [5.74, 6) is -0.159.